The van der Waals surface area contributed by atoms with Gasteiger partial charge in [-0.15, -0.1) is 0 Å². The number of rotatable bonds is 8. The lowest BCUT2D eigenvalue weighted by Gasteiger charge is -2.44. The van der Waals surface area contributed by atoms with Gasteiger partial charge in [-0.3, -0.25) is 9.69 Å². The minimum Gasteiger partial charge on any atom is -0.477 e. The van der Waals surface area contributed by atoms with Gasteiger partial charge in [0.1, 0.15) is 17.1 Å². The number of aromatic carboxylic acids is 1. The Kier molecular flexibility index (Phi) is 7.86. The van der Waals surface area contributed by atoms with Crippen LogP contribution in [0.2, 0.25) is 5.02 Å². The van der Waals surface area contributed by atoms with Crippen molar-refractivity contribution in [1.29, 1.82) is 0 Å². The molecule has 2 aliphatic heterocycles. The summed E-state index contributed by atoms with van der Waals surface area (Å²) in [4.78, 5) is 31.6. The molecule has 0 saturated carbocycles. The molecule has 8 nitrogen and oxygen atoms in total. The first kappa shape index (κ1) is 30.0. The van der Waals surface area contributed by atoms with Crippen LogP contribution < -0.4 is 0 Å². The standard InChI is InChI=1S/C31H31ClF2N2O6/c1-4-30(40,29(34)11-13-42-14-12-29)21-15-23-25(24(33)16-21)31(41-3,20-7-9-22(32)10-8-20)36(27(23)37)17-19-6-5-18(2)35-26(19)28(38)39/h5-10,15-16,40H,4,11-14,17H2,1-3H3,(H,38,39)/t30?,31-/m1/s1. The molecule has 2 N–H and O–H groups in total. The molecule has 2 aliphatic rings. The maximum atomic E-state index is 16.5. The summed E-state index contributed by atoms with van der Waals surface area (Å²) in [7, 11) is 1.31. The molecule has 1 fully saturated rings. The summed E-state index contributed by atoms with van der Waals surface area (Å²) in [6, 6.07) is 11.8. The Balaban J connectivity index is 1.73. The molecule has 0 bridgehead atoms. The van der Waals surface area contributed by atoms with Crippen molar-refractivity contribution in [1.82, 2.24) is 9.88 Å². The number of halogens is 3. The third-order valence-corrected chi connectivity index (χ3v) is 8.73. The fraction of sp³-hybridized carbons (Fsp3) is 0.387. The molecule has 1 amide bonds. The van der Waals surface area contributed by atoms with E-state index in [2.05, 4.69) is 4.98 Å². The molecule has 0 radical (unpaired) electrons. The molecule has 11 heteroatoms. The van der Waals surface area contributed by atoms with Gasteiger partial charge < -0.3 is 19.7 Å². The van der Waals surface area contributed by atoms with Crippen molar-refractivity contribution in [3.8, 4) is 0 Å². The highest BCUT2D eigenvalue weighted by atomic mass is 35.5. The van der Waals surface area contributed by atoms with Crippen LogP contribution in [0.3, 0.4) is 0 Å². The second kappa shape index (κ2) is 11.0. The molecule has 1 aromatic heterocycles. The van der Waals surface area contributed by atoms with E-state index in [1.807, 2.05) is 0 Å². The fourth-order valence-corrected chi connectivity index (χ4v) is 6.35. The number of carboxylic acids is 1. The van der Waals surface area contributed by atoms with Crippen LogP contribution in [-0.4, -0.2) is 58.0 Å². The van der Waals surface area contributed by atoms with E-state index in [4.69, 9.17) is 21.1 Å². The van der Waals surface area contributed by atoms with Gasteiger partial charge in [-0.2, -0.15) is 0 Å². The van der Waals surface area contributed by atoms with Gasteiger partial charge in [0.05, 0.1) is 17.7 Å². The monoisotopic (exact) mass is 600 g/mol. The summed E-state index contributed by atoms with van der Waals surface area (Å²) in [5.74, 6) is -2.88. The summed E-state index contributed by atoms with van der Waals surface area (Å²) >= 11 is 6.14. The number of nitrogens with zero attached hydrogens (tertiary/aromatic N) is 2. The third kappa shape index (κ3) is 4.57. The molecule has 3 aromatic rings. The number of carboxylic acid groups (broad SMARTS) is 1. The van der Waals surface area contributed by atoms with Crippen LogP contribution in [0.1, 0.15) is 75.0 Å². The Bertz CT molecular complexity index is 1550. The van der Waals surface area contributed by atoms with E-state index in [1.54, 1.807) is 50.2 Å². The van der Waals surface area contributed by atoms with Crippen molar-refractivity contribution in [2.24, 2.45) is 0 Å². The van der Waals surface area contributed by atoms with Crippen LogP contribution >= 0.6 is 11.6 Å². The molecule has 2 aromatic carbocycles. The Morgan fingerprint density at radius 3 is 2.45 bits per heavy atom. The number of carbonyl (C=O) groups is 2. The minimum atomic E-state index is -2.11. The molecule has 1 saturated heterocycles. The second-order valence-electron chi connectivity index (χ2n) is 10.7. The SMILES string of the molecule is CCC(O)(c1cc(F)c2c(c1)C(=O)N(Cc1ccc(C)nc1C(=O)O)[C@@]2(OC)c1ccc(Cl)cc1)C1(F)CCOCC1. The van der Waals surface area contributed by atoms with Gasteiger partial charge in [0.15, 0.2) is 11.4 Å². The number of aryl methyl sites for hydroxylation is 1. The van der Waals surface area contributed by atoms with E-state index in [-0.39, 0.29) is 67.0 Å². The van der Waals surface area contributed by atoms with Crippen molar-refractivity contribution < 1.29 is 38.1 Å². The van der Waals surface area contributed by atoms with E-state index in [0.717, 1.165) is 6.07 Å². The summed E-state index contributed by atoms with van der Waals surface area (Å²) in [5.41, 5.74) is -5.68. The molecule has 222 valence electrons. The summed E-state index contributed by atoms with van der Waals surface area (Å²) in [5, 5.41) is 22.0. The summed E-state index contributed by atoms with van der Waals surface area (Å²) in [6.45, 7) is 3.12. The highest BCUT2D eigenvalue weighted by Crippen LogP contribution is 2.51. The number of methoxy groups -OCH3 is 1. The van der Waals surface area contributed by atoms with Crippen molar-refractivity contribution in [3.63, 3.8) is 0 Å². The quantitative estimate of drug-likeness (QED) is 0.351. The molecular weight excluding hydrogens is 570 g/mol. The van der Waals surface area contributed by atoms with Gasteiger partial charge in [0, 0.05) is 55.0 Å². The van der Waals surface area contributed by atoms with Gasteiger partial charge >= 0.3 is 5.97 Å². The molecular formula is C31H31ClF2N2O6. The average molecular weight is 601 g/mol. The number of amides is 1. The number of hydrogen-bond acceptors (Lipinski definition) is 6. The molecule has 1 unspecified atom stereocenters. The molecule has 2 atom stereocenters. The van der Waals surface area contributed by atoms with E-state index >= 15 is 8.78 Å². The van der Waals surface area contributed by atoms with Crippen molar-refractivity contribution in [3.05, 3.63) is 98.6 Å². The lowest BCUT2D eigenvalue weighted by Crippen LogP contribution is -2.51. The Morgan fingerprint density at radius 2 is 1.86 bits per heavy atom. The predicted molar refractivity (Wildman–Crippen MR) is 150 cm³/mol. The number of ether oxygens (including phenoxy) is 2. The topological polar surface area (TPSA) is 109 Å². The number of fused-ring (bicyclic) bond motifs is 1. The van der Waals surface area contributed by atoms with E-state index in [9.17, 15) is 19.8 Å². The second-order valence-corrected chi connectivity index (χ2v) is 11.1. The zero-order chi connectivity index (χ0) is 30.4. The van der Waals surface area contributed by atoms with E-state index < -0.39 is 34.7 Å². The number of alkyl halides is 1. The molecule has 5 rings (SSSR count). The zero-order valence-corrected chi connectivity index (χ0v) is 24.2. The van der Waals surface area contributed by atoms with Crippen LogP contribution in [-0.2, 0) is 27.3 Å². The fourth-order valence-electron chi connectivity index (χ4n) is 6.23. The first-order valence-electron chi connectivity index (χ1n) is 13.6. The maximum absolute atomic E-state index is 16.5. The first-order chi connectivity index (χ1) is 19.9. The molecule has 0 aliphatic carbocycles. The van der Waals surface area contributed by atoms with Crippen LogP contribution in [0, 0.1) is 12.7 Å². The number of benzene rings is 2. The maximum Gasteiger partial charge on any atom is 0.354 e. The number of hydrogen-bond donors (Lipinski definition) is 2. The summed E-state index contributed by atoms with van der Waals surface area (Å²) in [6.07, 6.45) is -0.272. The number of carbonyl (C=O) groups excluding carboxylic acids is 1. The lowest BCUT2D eigenvalue weighted by atomic mass is 9.72. The molecule has 0 spiro atoms. The predicted octanol–water partition coefficient (Wildman–Crippen LogP) is 5.50. The number of aliphatic hydroxyl groups is 1. The lowest BCUT2D eigenvalue weighted by molar-refractivity contribution is -0.155. The van der Waals surface area contributed by atoms with Crippen molar-refractivity contribution >= 4 is 23.5 Å². The van der Waals surface area contributed by atoms with Gasteiger partial charge in [-0.1, -0.05) is 36.7 Å². The average Bonchev–Trinajstić information content (AvgIpc) is 3.22. The molecule has 42 heavy (non-hydrogen) atoms. The normalized spacial score (nSPS) is 21.2. The first-order valence-corrected chi connectivity index (χ1v) is 14.0. The van der Waals surface area contributed by atoms with Gasteiger partial charge in [-0.05, 0) is 49.2 Å². The van der Waals surface area contributed by atoms with Crippen LogP contribution in [0.5, 0.6) is 0 Å². The van der Waals surface area contributed by atoms with Gasteiger partial charge in [0.25, 0.3) is 5.91 Å². The van der Waals surface area contributed by atoms with E-state index in [0.29, 0.717) is 16.3 Å². The summed E-state index contributed by atoms with van der Waals surface area (Å²) < 4.78 is 44.0. The van der Waals surface area contributed by atoms with Crippen LogP contribution in [0.4, 0.5) is 8.78 Å². The highest BCUT2D eigenvalue weighted by Gasteiger charge is 2.57. The number of pyridine rings is 1. The van der Waals surface area contributed by atoms with Gasteiger partial charge in [-0.25, -0.2) is 18.6 Å². The zero-order valence-electron chi connectivity index (χ0n) is 23.4. The Morgan fingerprint density at radius 1 is 1.19 bits per heavy atom. The van der Waals surface area contributed by atoms with Gasteiger partial charge in [0.2, 0.25) is 0 Å². The largest absolute Gasteiger partial charge is 0.477 e. The molecule has 3 heterocycles. The smallest absolute Gasteiger partial charge is 0.354 e. The van der Waals surface area contributed by atoms with Crippen molar-refractivity contribution in [2.45, 2.75) is 56.6 Å². The van der Waals surface area contributed by atoms with E-state index in [1.165, 1.54) is 18.1 Å². The van der Waals surface area contributed by atoms with Crippen LogP contribution in [0.25, 0.3) is 0 Å². The minimum absolute atomic E-state index is 0.0785. The Labute approximate surface area is 246 Å². The third-order valence-electron chi connectivity index (χ3n) is 8.48. The number of aromatic nitrogens is 1. The Hall–Kier alpha value is -3.44. The highest BCUT2D eigenvalue weighted by molar-refractivity contribution is 6.30. The van der Waals surface area contributed by atoms with Crippen LogP contribution in [0.15, 0.2) is 48.5 Å². The van der Waals surface area contributed by atoms with Crippen molar-refractivity contribution in [2.75, 3.05) is 20.3 Å².